The van der Waals surface area contributed by atoms with Gasteiger partial charge in [0.25, 0.3) is 0 Å². The molecule has 5 heteroatoms. The molecule has 0 amide bonds. The molecule has 0 aliphatic heterocycles. The fourth-order valence-electron chi connectivity index (χ4n) is 2.78. The molecule has 2 aliphatic rings. The van der Waals surface area contributed by atoms with Gasteiger partial charge in [0, 0.05) is 5.56 Å². The molecule has 0 atom stereocenters. The standard InChI is InChI=1S/C16H18ClNO3/c1-20-13-6-5-12(17)14(15(13)21-9-11-3-4-11)16(18-10-19)7-2-8-16/h5-6,11H,2-4,7-9H2,1H3. The summed E-state index contributed by atoms with van der Waals surface area (Å²) < 4.78 is 11.4. The van der Waals surface area contributed by atoms with Crippen molar-refractivity contribution in [3.63, 3.8) is 0 Å². The third kappa shape index (κ3) is 2.66. The summed E-state index contributed by atoms with van der Waals surface area (Å²) in [4.78, 5) is 14.9. The predicted octanol–water partition coefficient (Wildman–Crippen LogP) is 3.85. The molecule has 21 heavy (non-hydrogen) atoms. The van der Waals surface area contributed by atoms with E-state index in [1.165, 1.54) is 12.8 Å². The van der Waals surface area contributed by atoms with Gasteiger partial charge in [-0.2, -0.15) is 4.99 Å². The molecule has 0 radical (unpaired) electrons. The fraction of sp³-hybridized carbons (Fsp3) is 0.562. The monoisotopic (exact) mass is 307 g/mol. The summed E-state index contributed by atoms with van der Waals surface area (Å²) in [6.45, 7) is 0.657. The van der Waals surface area contributed by atoms with Gasteiger partial charge in [-0.15, -0.1) is 0 Å². The Balaban J connectivity index is 2.04. The first-order valence-electron chi connectivity index (χ1n) is 7.29. The molecule has 112 valence electrons. The Morgan fingerprint density at radius 2 is 2.19 bits per heavy atom. The van der Waals surface area contributed by atoms with Gasteiger partial charge in [0.15, 0.2) is 11.5 Å². The maximum atomic E-state index is 10.8. The van der Waals surface area contributed by atoms with E-state index in [0.29, 0.717) is 29.0 Å². The molecular formula is C16H18ClNO3. The Bertz CT molecular complexity index is 587. The van der Waals surface area contributed by atoms with Crippen LogP contribution in [0.1, 0.15) is 37.7 Å². The average Bonchev–Trinajstić information content (AvgIpc) is 3.25. The van der Waals surface area contributed by atoms with Crippen LogP contribution in [0, 0.1) is 5.92 Å². The highest BCUT2D eigenvalue weighted by molar-refractivity contribution is 6.31. The predicted molar refractivity (Wildman–Crippen MR) is 79.9 cm³/mol. The van der Waals surface area contributed by atoms with Crippen LogP contribution in [0.3, 0.4) is 0 Å². The minimum atomic E-state index is -0.591. The number of aliphatic imine (C=N–C) groups is 1. The lowest BCUT2D eigenvalue weighted by atomic mass is 9.72. The SMILES string of the molecule is COc1ccc(Cl)c(C2(N=C=O)CCC2)c1OCC1CC1. The lowest BCUT2D eigenvalue weighted by Crippen LogP contribution is -2.33. The van der Waals surface area contributed by atoms with Crippen LogP contribution in [-0.2, 0) is 10.3 Å². The van der Waals surface area contributed by atoms with Gasteiger partial charge < -0.3 is 9.47 Å². The molecule has 3 rings (SSSR count). The van der Waals surface area contributed by atoms with Crippen LogP contribution < -0.4 is 9.47 Å². The maximum absolute atomic E-state index is 10.8. The van der Waals surface area contributed by atoms with Crippen LogP contribution in [0.25, 0.3) is 0 Å². The zero-order valence-electron chi connectivity index (χ0n) is 12.0. The van der Waals surface area contributed by atoms with E-state index in [1.807, 2.05) is 0 Å². The summed E-state index contributed by atoms with van der Waals surface area (Å²) in [6, 6.07) is 3.57. The molecule has 0 N–H and O–H groups in total. The quantitative estimate of drug-likeness (QED) is 0.592. The molecule has 2 aliphatic carbocycles. The van der Waals surface area contributed by atoms with Crippen molar-refractivity contribution in [2.75, 3.05) is 13.7 Å². The van der Waals surface area contributed by atoms with E-state index in [0.717, 1.165) is 24.8 Å². The molecule has 0 bridgehead atoms. The summed E-state index contributed by atoms with van der Waals surface area (Å²) in [5, 5.41) is 0.570. The van der Waals surface area contributed by atoms with Crippen LogP contribution in [0.5, 0.6) is 11.5 Å². The van der Waals surface area contributed by atoms with Crippen molar-refractivity contribution in [1.29, 1.82) is 0 Å². The van der Waals surface area contributed by atoms with Crippen LogP contribution in [0.15, 0.2) is 17.1 Å². The van der Waals surface area contributed by atoms with Gasteiger partial charge in [-0.3, -0.25) is 0 Å². The summed E-state index contributed by atoms with van der Waals surface area (Å²) >= 11 is 6.40. The third-order valence-corrected chi connectivity index (χ3v) is 4.67. The number of halogens is 1. The van der Waals surface area contributed by atoms with Gasteiger partial charge in [-0.1, -0.05) is 11.6 Å². The molecule has 0 unspecified atom stereocenters. The molecule has 1 aromatic carbocycles. The largest absolute Gasteiger partial charge is 0.493 e. The van der Waals surface area contributed by atoms with Crippen LogP contribution in [0.4, 0.5) is 0 Å². The van der Waals surface area contributed by atoms with Crippen LogP contribution >= 0.6 is 11.6 Å². The van der Waals surface area contributed by atoms with Gasteiger partial charge >= 0.3 is 0 Å². The Kier molecular flexibility index (Phi) is 3.92. The summed E-state index contributed by atoms with van der Waals surface area (Å²) in [6.07, 6.45) is 6.69. The zero-order valence-corrected chi connectivity index (χ0v) is 12.8. The van der Waals surface area contributed by atoms with Gasteiger partial charge in [0.1, 0.15) is 5.54 Å². The number of ether oxygens (including phenoxy) is 2. The Morgan fingerprint density at radius 3 is 2.71 bits per heavy atom. The van der Waals surface area contributed by atoms with Crippen molar-refractivity contribution in [1.82, 2.24) is 0 Å². The molecule has 4 nitrogen and oxygen atoms in total. The lowest BCUT2D eigenvalue weighted by molar-refractivity contribution is 0.227. The normalized spacial score (nSPS) is 19.3. The second kappa shape index (κ2) is 5.70. The number of hydrogen-bond donors (Lipinski definition) is 0. The third-order valence-electron chi connectivity index (χ3n) is 4.36. The number of isocyanates is 1. The Morgan fingerprint density at radius 1 is 1.43 bits per heavy atom. The molecule has 0 heterocycles. The number of hydrogen-bond acceptors (Lipinski definition) is 4. The van der Waals surface area contributed by atoms with Crippen molar-refractivity contribution in [3.05, 3.63) is 22.7 Å². The molecule has 0 spiro atoms. The first-order chi connectivity index (χ1) is 10.2. The van der Waals surface area contributed by atoms with Gasteiger partial charge in [-0.05, 0) is 50.2 Å². The second-order valence-electron chi connectivity index (χ2n) is 5.80. The second-order valence-corrected chi connectivity index (χ2v) is 6.20. The smallest absolute Gasteiger partial charge is 0.235 e. The van der Waals surface area contributed by atoms with Gasteiger partial charge in [0.05, 0.1) is 18.7 Å². The van der Waals surface area contributed by atoms with Crippen molar-refractivity contribution < 1.29 is 14.3 Å². The number of rotatable bonds is 6. The summed E-state index contributed by atoms with van der Waals surface area (Å²) in [7, 11) is 1.60. The van der Waals surface area contributed by atoms with E-state index in [1.54, 1.807) is 25.3 Å². The molecule has 1 aromatic rings. The first-order valence-corrected chi connectivity index (χ1v) is 7.67. The van der Waals surface area contributed by atoms with Crippen molar-refractivity contribution in [2.24, 2.45) is 10.9 Å². The fourth-order valence-corrected chi connectivity index (χ4v) is 3.10. The highest BCUT2D eigenvalue weighted by atomic mass is 35.5. The summed E-state index contributed by atoms with van der Waals surface area (Å²) in [5.41, 5.74) is 0.186. The molecular weight excluding hydrogens is 290 g/mol. The molecule has 2 saturated carbocycles. The number of carbonyl (C=O) groups excluding carboxylic acids is 1. The minimum absolute atomic E-state index is 0.570. The number of nitrogens with zero attached hydrogens (tertiary/aromatic N) is 1. The van der Waals surface area contributed by atoms with E-state index in [2.05, 4.69) is 4.99 Å². The molecule has 2 fully saturated rings. The first kappa shape index (κ1) is 14.4. The zero-order chi connectivity index (χ0) is 14.9. The molecule has 0 saturated heterocycles. The van der Waals surface area contributed by atoms with Crippen molar-refractivity contribution >= 4 is 17.7 Å². The summed E-state index contributed by atoms with van der Waals surface area (Å²) in [5.74, 6) is 1.89. The Hall–Kier alpha value is -1.51. The average molecular weight is 308 g/mol. The van der Waals surface area contributed by atoms with Gasteiger partial charge in [-0.25, -0.2) is 4.79 Å². The van der Waals surface area contributed by atoms with E-state index >= 15 is 0 Å². The Labute approximate surface area is 129 Å². The van der Waals surface area contributed by atoms with E-state index in [4.69, 9.17) is 21.1 Å². The molecule has 0 aromatic heterocycles. The highest BCUT2D eigenvalue weighted by Gasteiger charge is 2.44. The van der Waals surface area contributed by atoms with Crippen molar-refractivity contribution in [3.8, 4) is 11.5 Å². The topological polar surface area (TPSA) is 47.9 Å². The van der Waals surface area contributed by atoms with Crippen molar-refractivity contribution in [2.45, 2.75) is 37.6 Å². The van der Waals surface area contributed by atoms with E-state index < -0.39 is 5.54 Å². The number of benzene rings is 1. The van der Waals surface area contributed by atoms with E-state index in [-0.39, 0.29) is 0 Å². The van der Waals surface area contributed by atoms with Gasteiger partial charge in [0.2, 0.25) is 6.08 Å². The van der Waals surface area contributed by atoms with Crippen LogP contribution in [0.2, 0.25) is 5.02 Å². The lowest BCUT2D eigenvalue weighted by Gasteiger charge is -2.38. The highest BCUT2D eigenvalue weighted by Crippen LogP contribution is 2.53. The minimum Gasteiger partial charge on any atom is -0.493 e. The van der Waals surface area contributed by atoms with E-state index in [9.17, 15) is 4.79 Å². The maximum Gasteiger partial charge on any atom is 0.235 e. The van der Waals surface area contributed by atoms with Crippen LogP contribution in [-0.4, -0.2) is 19.8 Å². The number of methoxy groups -OCH3 is 1.